The summed E-state index contributed by atoms with van der Waals surface area (Å²) >= 11 is 0. The Bertz CT molecular complexity index is 2350. The Balaban J connectivity index is 1.54. The van der Waals surface area contributed by atoms with E-state index in [1.165, 1.54) is 0 Å². The molecule has 0 saturated carbocycles. The van der Waals surface area contributed by atoms with Gasteiger partial charge in [-0.25, -0.2) is 29.9 Å². The second-order valence-corrected chi connectivity index (χ2v) is 10.4. The maximum absolute atomic E-state index is 5.92. The Morgan fingerprint density at radius 2 is 0.860 bits per heavy atom. The van der Waals surface area contributed by atoms with E-state index in [0.29, 0.717) is 45.9 Å². The molecule has 0 spiro atoms. The van der Waals surface area contributed by atoms with E-state index in [1.807, 2.05) is 102 Å². The Morgan fingerprint density at radius 3 is 1.28 bits per heavy atom. The largest absolute Gasteiger partial charge is 0.324 e. The number of nitrogens with one attached hydrogen (secondary N) is 1. The number of nitrogens with zero attached hydrogens (tertiary/aromatic N) is 7. The molecule has 0 aliphatic carbocycles. The molecular formula is C35H20N8. The molecular weight excluding hydrogens is 532 g/mol. The van der Waals surface area contributed by atoms with Crippen LogP contribution in [0.4, 0.5) is 0 Å². The average molecular weight is 553 g/mol. The molecule has 2 aliphatic rings. The van der Waals surface area contributed by atoms with Gasteiger partial charge >= 0.3 is 0 Å². The summed E-state index contributed by atoms with van der Waals surface area (Å²) in [5, 5.41) is 3.73. The lowest BCUT2D eigenvalue weighted by Gasteiger charge is -2.01. The maximum Gasteiger partial charge on any atom is 0.164 e. The van der Waals surface area contributed by atoms with Gasteiger partial charge in [0.05, 0.1) is 6.54 Å². The normalized spacial score (nSPS) is 11.8. The van der Waals surface area contributed by atoms with E-state index >= 15 is 0 Å². The summed E-state index contributed by atoms with van der Waals surface area (Å²) in [5.74, 6) is 5.08. The van der Waals surface area contributed by atoms with Gasteiger partial charge in [-0.2, -0.15) is 0 Å². The summed E-state index contributed by atoms with van der Waals surface area (Å²) in [6, 6.07) is 32.1. The van der Waals surface area contributed by atoms with Gasteiger partial charge in [0.15, 0.2) is 23.3 Å². The quantitative estimate of drug-likeness (QED) is 0.221. The van der Waals surface area contributed by atoms with Crippen molar-refractivity contribution in [1.29, 1.82) is 0 Å². The number of aromatic amines is 1. The Morgan fingerprint density at radius 1 is 0.488 bits per heavy atom. The molecule has 0 saturated heterocycles. The monoisotopic (exact) mass is 552 g/mol. The SMILES string of the molecule is C#CCn1c2nc3nc(nc4[nH]c(nc5nc(nc1c1ccccc12)-c1ccccc1-5)c1ccccc41)-c1ccccc1-3. The predicted molar refractivity (Wildman–Crippen MR) is 169 cm³/mol. The molecule has 8 bridgehead atoms. The molecule has 3 aromatic heterocycles. The molecule has 1 N–H and O–H groups in total. The van der Waals surface area contributed by atoms with Crippen LogP contribution in [0.2, 0.25) is 0 Å². The first-order valence-electron chi connectivity index (χ1n) is 13.9. The number of fused-ring (bicyclic) bond motifs is 20. The van der Waals surface area contributed by atoms with E-state index in [1.54, 1.807) is 0 Å². The van der Waals surface area contributed by atoms with Gasteiger partial charge in [-0.05, 0) is 0 Å². The number of benzene rings is 4. The van der Waals surface area contributed by atoms with Crippen molar-refractivity contribution >= 4 is 44.1 Å². The summed E-state index contributed by atoms with van der Waals surface area (Å²) in [7, 11) is 0. The molecule has 0 fully saturated rings. The van der Waals surface area contributed by atoms with E-state index in [4.69, 9.17) is 36.3 Å². The zero-order chi connectivity index (χ0) is 28.5. The Kier molecular flexibility index (Phi) is 4.86. The summed E-state index contributed by atoms with van der Waals surface area (Å²) < 4.78 is 1.96. The van der Waals surface area contributed by atoms with Gasteiger partial charge in [0.25, 0.3) is 0 Å². The van der Waals surface area contributed by atoms with Crippen LogP contribution in [0, 0.1) is 12.3 Å². The molecule has 0 amide bonds. The second-order valence-electron chi connectivity index (χ2n) is 10.4. The van der Waals surface area contributed by atoms with Crippen LogP contribution >= 0.6 is 0 Å². The lowest BCUT2D eigenvalue weighted by molar-refractivity contribution is 0.892. The molecule has 0 atom stereocenters. The lowest BCUT2D eigenvalue weighted by Crippen LogP contribution is -1.98. The van der Waals surface area contributed by atoms with Crippen LogP contribution in [0.5, 0.6) is 0 Å². The van der Waals surface area contributed by atoms with Crippen LogP contribution in [-0.4, -0.2) is 39.5 Å². The zero-order valence-corrected chi connectivity index (χ0v) is 22.7. The summed E-state index contributed by atoms with van der Waals surface area (Å²) in [5.41, 5.74) is 6.30. The predicted octanol–water partition coefficient (Wildman–Crippen LogP) is 6.98. The number of terminal acetylenes is 1. The van der Waals surface area contributed by atoms with E-state index < -0.39 is 0 Å². The third-order valence-electron chi connectivity index (χ3n) is 7.94. The first-order chi connectivity index (χ1) is 21.3. The number of hydrogen-bond donors (Lipinski definition) is 1. The molecule has 0 unspecified atom stereocenters. The van der Waals surface area contributed by atoms with Crippen molar-refractivity contribution in [1.82, 2.24) is 39.5 Å². The van der Waals surface area contributed by atoms with Crippen molar-refractivity contribution in [3.8, 4) is 57.9 Å². The molecule has 7 aromatic rings. The number of H-pyrrole nitrogens is 1. The van der Waals surface area contributed by atoms with Gasteiger partial charge in [0.2, 0.25) is 0 Å². The fourth-order valence-electron chi connectivity index (χ4n) is 6.01. The molecule has 8 heteroatoms. The highest BCUT2D eigenvalue weighted by molar-refractivity contribution is 6.06. The fourth-order valence-corrected chi connectivity index (χ4v) is 6.01. The summed E-state index contributed by atoms with van der Waals surface area (Å²) in [4.78, 5) is 33.8. The first kappa shape index (κ1) is 23.5. The average Bonchev–Trinajstić information content (AvgIpc) is 3.76. The van der Waals surface area contributed by atoms with E-state index in [9.17, 15) is 0 Å². The minimum Gasteiger partial charge on any atom is -0.324 e. The van der Waals surface area contributed by atoms with Crippen LogP contribution in [0.1, 0.15) is 0 Å². The van der Waals surface area contributed by atoms with Crippen LogP contribution in [0.25, 0.3) is 89.7 Å². The smallest absolute Gasteiger partial charge is 0.164 e. The van der Waals surface area contributed by atoms with Gasteiger partial charge in [0.1, 0.15) is 22.6 Å². The Labute approximate surface area is 244 Å². The highest BCUT2D eigenvalue weighted by Crippen LogP contribution is 2.37. The van der Waals surface area contributed by atoms with Crippen molar-refractivity contribution in [3.05, 3.63) is 97.1 Å². The number of aromatic nitrogens is 8. The molecule has 4 aromatic carbocycles. The van der Waals surface area contributed by atoms with Crippen molar-refractivity contribution in [3.63, 3.8) is 0 Å². The fraction of sp³-hybridized carbons (Fsp3) is 0.0286. The third-order valence-corrected chi connectivity index (χ3v) is 7.94. The number of rotatable bonds is 1. The Hall–Kier alpha value is -6.20. The van der Waals surface area contributed by atoms with Crippen molar-refractivity contribution < 1.29 is 0 Å². The lowest BCUT2D eigenvalue weighted by atomic mass is 10.1. The van der Waals surface area contributed by atoms with Gasteiger partial charge in [0, 0.05) is 43.8 Å². The zero-order valence-electron chi connectivity index (χ0n) is 22.7. The van der Waals surface area contributed by atoms with Gasteiger partial charge in [-0.1, -0.05) is 103 Å². The molecule has 200 valence electrons. The first-order valence-corrected chi connectivity index (χ1v) is 13.9. The van der Waals surface area contributed by atoms with Crippen LogP contribution < -0.4 is 0 Å². The highest BCUT2D eigenvalue weighted by atomic mass is 15.1. The van der Waals surface area contributed by atoms with Crippen molar-refractivity contribution in [2.24, 2.45) is 0 Å². The van der Waals surface area contributed by atoms with Crippen molar-refractivity contribution in [2.75, 3.05) is 0 Å². The standard InChI is InChI=1S/C35H20N8/c1-2-19-43-34-26-17-9-10-18-27(26)35(43)42-33-25-16-8-6-14-23(25)31(40-33)38-29-21-12-4-3-11-20(21)28(36-29)37-30-22-13-5-7-15-24(22)32(39-30)41-34/h1,3-18H,19H2,(H,36,37,38,39,40,41,42). The topological polar surface area (TPSA) is 98.1 Å². The van der Waals surface area contributed by atoms with Gasteiger partial charge < -0.3 is 4.98 Å². The third kappa shape index (κ3) is 3.46. The number of hydrogen-bond acceptors (Lipinski definition) is 6. The van der Waals surface area contributed by atoms with Crippen molar-refractivity contribution in [2.45, 2.75) is 6.54 Å². The maximum atomic E-state index is 5.92. The minimum atomic E-state index is 0.271. The molecule has 2 aliphatic heterocycles. The molecule has 0 radical (unpaired) electrons. The van der Waals surface area contributed by atoms with Crippen LogP contribution in [0.3, 0.4) is 0 Å². The molecule has 43 heavy (non-hydrogen) atoms. The van der Waals surface area contributed by atoms with Crippen LogP contribution in [-0.2, 0) is 6.54 Å². The van der Waals surface area contributed by atoms with Crippen LogP contribution in [0.15, 0.2) is 97.1 Å². The van der Waals surface area contributed by atoms with E-state index in [0.717, 1.165) is 43.8 Å². The van der Waals surface area contributed by atoms with Gasteiger partial charge in [-0.3, -0.25) is 4.57 Å². The summed E-state index contributed by atoms with van der Waals surface area (Å²) in [6.45, 7) is 0.271. The van der Waals surface area contributed by atoms with E-state index in [2.05, 4.69) is 10.9 Å². The van der Waals surface area contributed by atoms with E-state index in [-0.39, 0.29) is 6.54 Å². The minimum absolute atomic E-state index is 0.271. The van der Waals surface area contributed by atoms with Gasteiger partial charge in [-0.15, -0.1) is 6.42 Å². The molecule has 9 rings (SSSR count). The highest BCUT2D eigenvalue weighted by Gasteiger charge is 2.22. The summed E-state index contributed by atoms with van der Waals surface area (Å²) in [6.07, 6.45) is 5.92. The molecule has 5 heterocycles. The second kappa shape index (κ2) is 8.90. The molecule has 8 nitrogen and oxygen atoms in total.